The minimum Gasteiger partial charge on any atom is -0.454 e. The largest absolute Gasteiger partial charge is 0.454 e. The van der Waals surface area contributed by atoms with Gasteiger partial charge in [-0.25, -0.2) is 0 Å². The van der Waals surface area contributed by atoms with Gasteiger partial charge in [0.2, 0.25) is 0 Å². The van der Waals surface area contributed by atoms with E-state index in [-0.39, 0.29) is 6.04 Å². The SMILES string of the molecule is CCC(N)Cc1ccc(Oc2cnn(CC)c2)cc1Br. The van der Waals surface area contributed by atoms with Crippen LogP contribution in [0.2, 0.25) is 0 Å². The van der Waals surface area contributed by atoms with Gasteiger partial charge >= 0.3 is 0 Å². The summed E-state index contributed by atoms with van der Waals surface area (Å²) >= 11 is 3.58. The van der Waals surface area contributed by atoms with Gasteiger partial charge in [0.25, 0.3) is 0 Å². The molecule has 2 rings (SSSR count). The van der Waals surface area contributed by atoms with Crippen LogP contribution < -0.4 is 10.5 Å². The van der Waals surface area contributed by atoms with Crippen molar-refractivity contribution in [3.8, 4) is 11.5 Å². The molecule has 0 saturated heterocycles. The van der Waals surface area contributed by atoms with Crippen LogP contribution in [-0.4, -0.2) is 15.8 Å². The van der Waals surface area contributed by atoms with Crippen molar-refractivity contribution >= 4 is 15.9 Å². The molecule has 1 aromatic carbocycles. The molecule has 1 heterocycles. The maximum Gasteiger partial charge on any atom is 0.165 e. The summed E-state index contributed by atoms with van der Waals surface area (Å²) in [4.78, 5) is 0. The van der Waals surface area contributed by atoms with E-state index >= 15 is 0 Å². The van der Waals surface area contributed by atoms with E-state index in [1.54, 1.807) is 6.20 Å². The van der Waals surface area contributed by atoms with Gasteiger partial charge in [0.15, 0.2) is 5.75 Å². The number of nitrogens with two attached hydrogens (primary N) is 1. The highest BCUT2D eigenvalue weighted by molar-refractivity contribution is 9.10. The molecule has 4 nitrogen and oxygen atoms in total. The Labute approximate surface area is 128 Å². The second kappa shape index (κ2) is 6.90. The first-order valence-electron chi connectivity index (χ1n) is 6.86. The Morgan fingerprint density at radius 1 is 1.35 bits per heavy atom. The predicted octanol–water partition coefficient (Wildman–Crippen LogP) is 3.74. The first-order chi connectivity index (χ1) is 9.62. The smallest absolute Gasteiger partial charge is 0.165 e. The van der Waals surface area contributed by atoms with E-state index in [0.29, 0.717) is 0 Å². The molecule has 0 aliphatic heterocycles. The highest BCUT2D eigenvalue weighted by atomic mass is 79.9. The fraction of sp³-hybridized carbons (Fsp3) is 0.400. The zero-order valence-corrected chi connectivity index (χ0v) is 13.4. The third-order valence-electron chi connectivity index (χ3n) is 3.20. The van der Waals surface area contributed by atoms with Crippen molar-refractivity contribution in [2.45, 2.75) is 39.3 Å². The van der Waals surface area contributed by atoms with Crippen molar-refractivity contribution in [3.63, 3.8) is 0 Å². The Hall–Kier alpha value is -1.33. The Balaban J connectivity index is 2.08. The second-order valence-electron chi connectivity index (χ2n) is 4.76. The number of ether oxygens (including phenoxy) is 1. The summed E-state index contributed by atoms with van der Waals surface area (Å²) in [5.74, 6) is 1.54. The van der Waals surface area contributed by atoms with Gasteiger partial charge < -0.3 is 10.5 Å². The summed E-state index contributed by atoms with van der Waals surface area (Å²) < 4.78 is 8.65. The van der Waals surface area contributed by atoms with Crippen molar-refractivity contribution in [2.24, 2.45) is 5.73 Å². The monoisotopic (exact) mass is 337 g/mol. The van der Waals surface area contributed by atoms with Gasteiger partial charge in [-0.3, -0.25) is 4.68 Å². The molecular formula is C15H20BrN3O. The molecule has 20 heavy (non-hydrogen) atoms. The van der Waals surface area contributed by atoms with Crippen LogP contribution in [0.25, 0.3) is 0 Å². The summed E-state index contributed by atoms with van der Waals surface area (Å²) in [7, 11) is 0. The molecule has 0 spiro atoms. The summed E-state index contributed by atoms with van der Waals surface area (Å²) in [5.41, 5.74) is 7.20. The zero-order valence-electron chi connectivity index (χ0n) is 11.8. The molecule has 0 bridgehead atoms. The normalized spacial score (nSPS) is 12.4. The fourth-order valence-electron chi connectivity index (χ4n) is 1.89. The number of aryl methyl sites for hydroxylation is 1. The highest BCUT2D eigenvalue weighted by Gasteiger charge is 2.08. The van der Waals surface area contributed by atoms with E-state index in [0.717, 1.165) is 35.4 Å². The van der Waals surface area contributed by atoms with Crippen molar-refractivity contribution in [3.05, 3.63) is 40.6 Å². The van der Waals surface area contributed by atoms with Crippen LogP contribution in [0.4, 0.5) is 0 Å². The molecule has 0 amide bonds. The summed E-state index contributed by atoms with van der Waals surface area (Å²) in [6.07, 6.45) is 5.44. The predicted molar refractivity (Wildman–Crippen MR) is 84.1 cm³/mol. The van der Waals surface area contributed by atoms with Crippen molar-refractivity contribution in [1.29, 1.82) is 0 Å². The van der Waals surface area contributed by atoms with Crippen molar-refractivity contribution in [2.75, 3.05) is 0 Å². The molecule has 2 N–H and O–H groups in total. The lowest BCUT2D eigenvalue weighted by Gasteiger charge is -2.11. The first-order valence-corrected chi connectivity index (χ1v) is 7.66. The average Bonchev–Trinajstić information content (AvgIpc) is 2.89. The van der Waals surface area contributed by atoms with Crippen LogP contribution in [0.5, 0.6) is 11.5 Å². The van der Waals surface area contributed by atoms with Gasteiger partial charge in [-0.2, -0.15) is 5.10 Å². The number of aromatic nitrogens is 2. The van der Waals surface area contributed by atoms with Gasteiger partial charge in [0.05, 0.1) is 12.4 Å². The van der Waals surface area contributed by atoms with E-state index in [1.165, 1.54) is 5.56 Å². The number of hydrogen-bond acceptors (Lipinski definition) is 3. The minimum absolute atomic E-state index is 0.195. The molecule has 0 aliphatic carbocycles. The topological polar surface area (TPSA) is 53.1 Å². The van der Waals surface area contributed by atoms with Crippen LogP contribution in [0.15, 0.2) is 35.1 Å². The summed E-state index contributed by atoms with van der Waals surface area (Å²) in [6.45, 7) is 4.97. The standard InChI is InChI=1S/C15H20BrN3O/c1-3-12(17)7-11-5-6-13(8-15(11)16)20-14-9-18-19(4-2)10-14/h5-6,8-10,12H,3-4,7,17H2,1-2H3. The van der Waals surface area contributed by atoms with E-state index in [1.807, 2.05) is 29.9 Å². The summed E-state index contributed by atoms with van der Waals surface area (Å²) in [6, 6.07) is 6.19. The van der Waals surface area contributed by atoms with Crippen LogP contribution in [0, 0.1) is 0 Å². The lowest BCUT2D eigenvalue weighted by atomic mass is 10.0. The molecule has 1 unspecified atom stereocenters. The van der Waals surface area contributed by atoms with Gasteiger partial charge in [-0.1, -0.05) is 28.9 Å². The van der Waals surface area contributed by atoms with Crippen LogP contribution in [0.1, 0.15) is 25.8 Å². The molecule has 1 atom stereocenters. The van der Waals surface area contributed by atoms with Gasteiger partial charge in [-0.05, 0) is 37.5 Å². The molecule has 0 aliphatic rings. The van der Waals surface area contributed by atoms with Crippen LogP contribution in [0.3, 0.4) is 0 Å². The highest BCUT2D eigenvalue weighted by Crippen LogP contribution is 2.27. The molecule has 1 aromatic heterocycles. The van der Waals surface area contributed by atoms with E-state index in [4.69, 9.17) is 10.5 Å². The van der Waals surface area contributed by atoms with Crippen LogP contribution >= 0.6 is 15.9 Å². The molecule has 0 saturated carbocycles. The number of hydrogen-bond donors (Lipinski definition) is 1. The molecule has 0 fully saturated rings. The molecule has 5 heteroatoms. The number of halogens is 1. The Morgan fingerprint density at radius 3 is 2.75 bits per heavy atom. The van der Waals surface area contributed by atoms with E-state index in [9.17, 15) is 0 Å². The number of benzene rings is 1. The lowest BCUT2D eigenvalue weighted by Crippen LogP contribution is -2.21. The van der Waals surface area contributed by atoms with Gasteiger partial charge in [-0.15, -0.1) is 0 Å². The van der Waals surface area contributed by atoms with E-state index < -0.39 is 0 Å². The fourth-order valence-corrected chi connectivity index (χ4v) is 2.41. The molecule has 2 aromatic rings. The minimum atomic E-state index is 0.195. The van der Waals surface area contributed by atoms with Gasteiger partial charge in [0, 0.05) is 17.1 Å². The Bertz CT molecular complexity index is 568. The second-order valence-corrected chi connectivity index (χ2v) is 5.61. The van der Waals surface area contributed by atoms with E-state index in [2.05, 4.69) is 34.0 Å². The lowest BCUT2D eigenvalue weighted by molar-refractivity contribution is 0.480. The number of rotatable bonds is 6. The van der Waals surface area contributed by atoms with Crippen molar-refractivity contribution in [1.82, 2.24) is 9.78 Å². The Kier molecular flexibility index (Phi) is 5.20. The Morgan fingerprint density at radius 2 is 2.15 bits per heavy atom. The zero-order chi connectivity index (χ0) is 14.5. The molecule has 0 radical (unpaired) electrons. The first kappa shape index (κ1) is 15.1. The summed E-state index contributed by atoms with van der Waals surface area (Å²) in [5, 5.41) is 4.18. The van der Waals surface area contributed by atoms with Crippen molar-refractivity contribution < 1.29 is 4.74 Å². The molecule has 108 valence electrons. The van der Waals surface area contributed by atoms with Gasteiger partial charge in [0.1, 0.15) is 5.75 Å². The maximum atomic E-state index is 5.99. The third kappa shape index (κ3) is 3.84. The maximum absolute atomic E-state index is 5.99. The van der Waals surface area contributed by atoms with Crippen LogP contribution in [-0.2, 0) is 13.0 Å². The average molecular weight is 338 g/mol. The quantitative estimate of drug-likeness (QED) is 0.873. The molecular weight excluding hydrogens is 318 g/mol. The number of nitrogens with zero attached hydrogens (tertiary/aromatic N) is 2. The third-order valence-corrected chi connectivity index (χ3v) is 3.94.